The molecule has 4 rings (SSSR count). The summed E-state index contributed by atoms with van der Waals surface area (Å²) < 4.78 is 84.4. The van der Waals surface area contributed by atoms with Crippen LogP contribution in [0, 0.1) is 11.8 Å². The average molecular weight is 542 g/mol. The molecule has 1 aliphatic heterocycles. The number of esters is 1. The van der Waals surface area contributed by atoms with Gasteiger partial charge in [0.05, 0.1) is 18.2 Å². The summed E-state index contributed by atoms with van der Waals surface area (Å²) in [7, 11) is 1.33. The van der Waals surface area contributed by atoms with Crippen molar-refractivity contribution in [3.8, 4) is 0 Å². The van der Waals surface area contributed by atoms with Crippen molar-refractivity contribution in [1.29, 1.82) is 0 Å². The summed E-state index contributed by atoms with van der Waals surface area (Å²) in [6.07, 6.45) is -2.38. The summed E-state index contributed by atoms with van der Waals surface area (Å²) in [5.41, 5.74) is 0.0505. The molecule has 2 fully saturated rings. The molecule has 1 saturated carbocycles. The number of benzene rings is 2. The van der Waals surface area contributed by atoms with Gasteiger partial charge in [0.1, 0.15) is 0 Å². The molecule has 3 nitrogen and oxygen atoms in total. The Morgan fingerprint density at radius 1 is 0.868 bits per heavy atom. The van der Waals surface area contributed by atoms with E-state index in [9.17, 15) is 31.1 Å². The van der Waals surface area contributed by atoms with Gasteiger partial charge in [-0.2, -0.15) is 26.3 Å². The van der Waals surface area contributed by atoms with E-state index in [1.807, 2.05) is 0 Å². The molecule has 2 aliphatic rings. The summed E-state index contributed by atoms with van der Waals surface area (Å²) in [5, 5.41) is 0. The molecule has 0 bridgehead atoms. The Morgan fingerprint density at radius 2 is 1.42 bits per heavy atom. The number of likely N-dealkylation sites (tertiary alicyclic amines) is 1. The first-order chi connectivity index (χ1) is 18.0. The number of hydrogen-bond acceptors (Lipinski definition) is 3. The fourth-order valence-corrected chi connectivity index (χ4v) is 6.17. The van der Waals surface area contributed by atoms with Crippen LogP contribution in [0.4, 0.5) is 26.3 Å². The summed E-state index contributed by atoms with van der Waals surface area (Å²) in [6.45, 7) is 0.579. The Labute approximate surface area is 219 Å². The summed E-state index contributed by atoms with van der Waals surface area (Å²) >= 11 is 0. The van der Waals surface area contributed by atoms with Crippen LogP contribution in [-0.2, 0) is 21.9 Å². The lowest BCUT2D eigenvalue weighted by atomic mass is 9.76. The van der Waals surface area contributed by atoms with Gasteiger partial charge >= 0.3 is 18.3 Å². The van der Waals surface area contributed by atoms with Gasteiger partial charge in [-0.15, -0.1) is 0 Å². The number of rotatable bonds is 6. The molecule has 0 radical (unpaired) electrons. The van der Waals surface area contributed by atoms with Crippen molar-refractivity contribution >= 4 is 5.97 Å². The number of carbonyl (C=O) groups excluding carboxylic acids is 1. The van der Waals surface area contributed by atoms with E-state index in [0.717, 1.165) is 61.9 Å². The Bertz CT molecular complexity index is 1060. The Balaban J connectivity index is 1.72. The molecule has 38 heavy (non-hydrogen) atoms. The number of ether oxygens (including phenoxy) is 1. The van der Waals surface area contributed by atoms with Crippen molar-refractivity contribution in [2.45, 2.75) is 75.8 Å². The molecular weight excluding hydrogens is 508 g/mol. The Kier molecular flexibility index (Phi) is 8.75. The minimum absolute atomic E-state index is 0.00870. The third-order valence-corrected chi connectivity index (χ3v) is 8.09. The number of hydrogen-bond donors (Lipinski definition) is 0. The van der Waals surface area contributed by atoms with Crippen molar-refractivity contribution in [3.63, 3.8) is 0 Å². The van der Waals surface area contributed by atoms with Crippen molar-refractivity contribution in [2.24, 2.45) is 11.8 Å². The van der Waals surface area contributed by atoms with Gasteiger partial charge < -0.3 is 4.74 Å². The van der Waals surface area contributed by atoms with E-state index in [1.165, 1.54) is 19.2 Å². The van der Waals surface area contributed by atoms with Gasteiger partial charge in [-0.3, -0.25) is 9.69 Å². The van der Waals surface area contributed by atoms with E-state index in [1.54, 1.807) is 12.1 Å². The number of methoxy groups -OCH3 is 1. The zero-order chi connectivity index (χ0) is 27.5. The van der Waals surface area contributed by atoms with E-state index >= 15 is 0 Å². The lowest BCUT2D eigenvalue weighted by Crippen LogP contribution is -2.43. The van der Waals surface area contributed by atoms with E-state index in [2.05, 4.69) is 4.90 Å². The molecule has 2 aromatic carbocycles. The first-order valence-electron chi connectivity index (χ1n) is 13.1. The first-order valence-corrected chi connectivity index (χ1v) is 13.1. The summed E-state index contributed by atoms with van der Waals surface area (Å²) in [6, 6.07) is 10.00. The van der Waals surface area contributed by atoms with Gasteiger partial charge in [0.25, 0.3) is 0 Å². The summed E-state index contributed by atoms with van der Waals surface area (Å²) in [5.74, 6) is -0.124. The minimum Gasteiger partial charge on any atom is -0.469 e. The standard InChI is InChI=1S/C29H33F6NO2/c1-38-26(37)18-19-15-16-36(25(17-19)20-7-11-23(12-8-20)28(30,31)32)27(21-5-3-2-4-6-21)22-9-13-24(14-10-22)29(33,34)35/h7-14,19,21,25,27H,2-6,15-18H2,1H3/t19-,25+,27-/m1/s1. The molecule has 1 saturated heterocycles. The maximum Gasteiger partial charge on any atom is 0.416 e. The van der Waals surface area contributed by atoms with Gasteiger partial charge in [0, 0.05) is 18.5 Å². The van der Waals surface area contributed by atoms with Gasteiger partial charge in [-0.1, -0.05) is 43.5 Å². The molecule has 208 valence electrons. The molecule has 0 aromatic heterocycles. The van der Waals surface area contributed by atoms with Crippen LogP contribution in [0.1, 0.15) is 85.7 Å². The van der Waals surface area contributed by atoms with Crippen molar-refractivity contribution < 1.29 is 35.9 Å². The molecule has 3 atom stereocenters. The topological polar surface area (TPSA) is 29.5 Å². The zero-order valence-electron chi connectivity index (χ0n) is 21.3. The molecule has 2 aromatic rings. The first kappa shape index (κ1) is 28.5. The highest BCUT2D eigenvalue weighted by molar-refractivity contribution is 5.69. The molecule has 1 heterocycles. The van der Waals surface area contributed by atoms with Crippen molar-refractivity contribution in [3.05, 3.63) is 70.8 Å². The quantitative estimate of drug-likeness (QED) is 0.272. The fraction of sp³-hybridized carbons (Fsp3) is 0.552. The molecule has 0 amide bonds. The van der Waals surface area contributed by atoms with E-state index < -0.39 is 23.5 Å². The molecule has 9 heteroatoms. The number of piperidine rings is 1. The predicted molar refractivity (Wildman–Crippen MR) is 131 cm³/mol. The Morgan fingerprint density at radius 3 is 1.95 bits per heavy atom. The third kappa shape index (κ3) is 6.71. The largest absolute Gasteiger partial charge is 0.469 e. The van der Waals surface area contributed by atoms with Gasteiger partial charge in [0.15, 0.2) is 0 Å². The number of nitrogens with zero attached hydrogens (tertiary/aromatic N) is 1. The second-order valence-electron chi connectivity index (χ2n) is 10.5. The number of halogens is 6. The molecule has 0 spiro atoms. The van der Waals surface area contributed by atoms with Crippen molar-refractivity contribution in [2.75, 3.05) is 13.7 Å². The van der Waals surface area contributed by atoms with Crippen LogP contribution in [0.5, 0.6) is 0 Å². The maximum atomic E-state index is 13.3. The van der Waals surface area contributed by atoms with Gasteiger partial charge in [-0.25, -0.2) is 0 Å². The second kappa shape index (κ2) is 11.7. The van der Waals surface area contributed by atoms with Crippen LogP contribution in [0.3, 0.4) is 0 Å². The van der Waals surface area contributed by atoms with E-state index in [-0.39, 0.29) is 36.3 Å². The lowest BCUT2D eigenvalue weighted by molar-refractivity contribution is -0.142. The number of alkyl halides is 6. The van der Waals surface area contributed by atoms with Crippen LogP contribution in [0.15, 0.2) is 48.5 Å². The van der Waals surface area contributed by atoms with Crippen LogP contribution in [-0.4, -0.2) is 24.5 Å². The predicted octanol–water partition coefficient (Wildman–Crippen LogP) is 8.36. The normalized spacial score (nSPS) is 22.7. The van der Waals surface area contributed by atoms with Crippen LogP contribution < -0.4 is 0 Å². The monoisotopic (exact) mass is 541 g/mol. The zero-order valence-corrected chi connectivity index (χ0v) is 21.3. The molecule has 0 unspecified atom stereocenters. The lowest BCUT2D eigenvalue weighted by Gasteiger charge is -2.47. The summed E-state index contributed by atoms with van der Waals surface area (Å²) in [4.78, 5) is 14.3. The minimum atomic E-state index is -4.46. The maximum absolute atomic E-state index is 13.3. The smallest absolute Gasteiger partial charge is 0.416 e. The second-order valence-corrected chi connectivity index (χ2v) is 10.5. The SMILES string of the molecule is COC(=O)C[C@@H]1CCN([C@@H](c2ccc(C(F)(F)F)cc2)C2CCCCC2)[C@H](c2ccc(C(F)(F)F)cc2)C1. The highest BCUT2D eigenvalue weighted by Crippen LogP contribution is 2.47. The molecule has 0 N–H and O–H groups in total. The van der Waals surface area contributed by atoms with Crippen LogP contribution in [0.25, 0.3) is 0 Å². The van der Waals surface area contributed by atoms with Gasteiger partial charge in [-0.05, 0) is 79.5 Å². The highest BCUT2D eigenvalue weighted by atomic mass is 19.4. The fourth-order valence-electron chi connectivity index (χ4n) is 6.17. The van der Waals surface area contributed by atoms with Gasteiger partial charge in [0.2, 0.25) is 0 Å². The third-order valence-electron chi connectivity index (χ3n) is 8.09. The van der Waals surface area contributed by atoms with Crippen LogP contribution in [0.2, 0.25) is 0 Å². The number of carbonyl (C=O) groups is 1. The molecule has 1 aliphatic carbocycles. The van der Waals surface area contributed by atoms with Crippen LogP contribution >= 0.6 is 0 Å². The molecular formula is C29H33F6NO2. The average Bonchev–Trinajstić information content (AvgIpc) is 2.89. The van der Waals surface area contributed by atoms with Crippen molar-refractivity contribution in [1.82, 2.24) is 4.90 Å². The Hall–Kier alpha value is -2.55. The van der Waals surface area contributed by atoms with E-state index in [0.29, 0.717) is 24.9 Å². The van der Waals surface area contributed by atoms with E-state index in [4.69, 9.17) is 4.74 Å². The highest BCUT2D eigenvalue weighted by Gasteiger charge is 2.40.